The Morgan fingerprint density at radius 1 is 1.32 bits per heavy atom. The minimum Gasteiger partial charge on any atom is -0.350 e. The zero-order chi connectivity index (χ0) is 13.1. The first-order valence-electron chi connectivity index (χ1n) is 5.43. The molecule has 0 saturated heterocycles. The van der Waals surface area contributed by atoms with Crippen molar-refractivity contribution in [1.82, 2.24) is 34.7 Å². The minimum atomic E-state index is 0.119. The molecule has 0 radical (unpaired) electrons. The van der Waals surface area contributed by atoms with Gasteiger partial charge in [-0.05, 0) is 11.6 Å². The van der Waals surface area contributed by atoms with Gasteiger partial charge < -0.3 is 5.32 Å². The average Bonchev–Trinajstić information content (AvgIpc) is 3.09. The number of hydrogen-bond donors (Lipinski definition) is 2. The van der Waals surface area contributed by atoms with Crippen molar-refractivity contribution in [2.75, 3.05) is 5.32 Å². The van der Waals surface area contributed by atoms with E-state index in [-0.39, 0.29) is 5.28 Å². The van der Waals surface area contributed by atoms with Crippen LogP contribution in [0.5, 0.6) is 0 Å². The molecular formula is C10H9ClN8. The van der Waals surface area contributed by atoms with Crippen molar-refractivity contribution in [2.24, 2.45) is 0 Å². The second-order valence-corrected chi connectivity index (χ2v) is 4.00. The summed E-state index contributed by atoms with van der Waals surface area (Å²) in [6.07, 6.45) is 8.45. The van der Waals surface area contributed by atoms with Gasteiger partial charge in [-0.1, -0.05) is 0 Å². The number of halogens is 1. The summed E-state index contributed by atoms with van der Waals surface area (Å²) < 4.78 is 1.65. The molecule has 0 unspecified atom stereocenters. The molecule has 19 heavy (non-hydrogen) atoms. The van der Waals surface area contributed by atoms with Crippen LogP contribution in [0, 0.1) is 0 Å². The van der Waals surface area contributed by atoms with E-state index < -0.39 is 0 Å². The highest BCUT2D eigenvalue weighted by Gasteiger charge is 2.06. The maximum Gasteiger partial charge on any atom is 0.241 e. The van der Waals surface area contributed by atoms with Crippen molar-refractivity contribution in [3.63, 3.8) is 0 Å². The summed E-state index contributed by atoms with van der Waals surface area (Å²) in [5, 5.41) is 9.75. The van der Waals surface area contributed by atoms with Crippen LogP contribution >= 0.6 is 11.6 Å². The first-order chi connectivity index (χ1) is 9.31. The number of aromatic nitrogens is 7. The highest BCUT2D eigenvalue weighted by atomic mass is 35.5. The Labute approximate surface area is 112 Å². The molecule has 3 rings (SSSR count). The minimum absolute atomic E-state index is 0.119. The van der Waals surface area contributed by atoms with Gasteiger partial charge in [0, 0.05) is 30.7 Å². The van der Waals surface area contributed by atoms with Gasteiger partial charge in [-0.15, -0.1) is 0 Å². The maximum atomic E-state index is 5.87. The topological polar surface area (TPSA) is 97.2 Å². The first kappa shape index (κ1) is 11.6. The third-order valence-corrected chi connectivity index (χ3v) is 2.51. The molecule has 8 nitrogen and oxygen atoms in total. The Balaban J connectivity index is 1.82. The third-order valence-electron chi connectivity index (χ3n) is 2.34. The standard InChI is InChI=1S/C10H9ClN8/c11-8-16-9(13-3-7-4-14-15-5-7)18-10(17-8)19-2-1-12-6-19/h1-2,4-6H,3H2,(H,14,15)(H,13,16,17,18). The average molecular weight is 277 g/mol. The monoisotopic (exact) mass is 276 g/mol. The molecule has 0 saturated carbocycles. The smallest absolute Gasteiger partial charge is 0.241 e. The Morgan fingerprint density at radius 3 is 3.00 bits per heavy atom. The number of imidazole rings is 1. The molecular weight excluding hydrogens is 268 g/mol. The van der Waals surface area contributed by atoms with Crippen molar-refractivity contribution in [3.05, 3.63) is 42.0 Å². The van der Waals surface area contributed by atoms with Gasteiger partial charge in [0.2, 0.25) is 17.2 Å². The second kappa shape index (κ2) is 5.02. The van der Waals surface area contributed by atoms with E-state index in [0.29, 0.717) is 18.4 Å². The van der Waals surface area contributed by atoms with E-state index in [1.165, 1.54) is 0 Å². The fraction of sp³-hybridized carbons (Fsp3) is 0.100. The van der Waals surface area contributed by atoms with E-state index >= 15 is 0 Å². The van der Waals surface area contributed by atoms with Gasteiger partial charge in [-0.2, -0.15) is 20.1 Å². The van der Waals surface area contributed by atoms with Crippen LogP contribution in [-0.4, -0.2) is 34.7 Å². The molecule has 3 aromatic heterocycles. The molecule has 0 bridgehead atoms. The van der Waals surface area contributed by atoms with Gasteiger partial charge in [-0.3, -0.25) is 9.67 Å². The normalized spacial score (nSPS) is 10.6. The van der Waals surface area contributed by atoms with Gasteiger partial charge in [0.25, 0.3) is 0 Å². The predicted molar refractivity (Wildman–Crippen MR) is 67.9 cm³/mol. The molecule has 3 heterocycles. The summed E-state index contributed by atoms with van der Waals surface area (Å²) in [6, 6.07) is 0. The van der Waals surface area contributed by atoms with Crippen molar-refractivity contribution in [1.29, 1.82) is 0 Å². The summed E-state index contributed by atoms with van der Waals surface area (Å²) in [6.45, 7) is 0.542. The van der Waals surface area contributed by atoms with Crippen molar-refractivity contribution >= 4 is 17.5 Å². The summed E-state index contributed by atoms with van der Waals surface area (Å²) >= 11 is 5.87. The van der Waals surface area contributed by atoms with Gasteiger partial charge in [0.05, 0.1) is 6.20 Å². The molecule has 0 amide bonds. The van der Waals surface area contributed by atoms with Gasteiger partial charge >= 0.3 is 0 Å². The molecule has 0 aromatic carbocycles. The first-order valence-corrected chi connectivity index (χ1v) is 5.80. The Morgan fingerprint density at radius 2 is 2.26 bits per heavy atom. The molecule has 0 fully saturated rings. The number of H-pyrrole nitrogens is 1. The Kier molecular flexibility index (Phi) is 3.07. The van der Waals surface area contributed by atoms with Gasteiger partial charge in [-0.25, -0.2) is 4.98 Å². The largest absolute Gasteiger partial charge is 0.350 e. The summed E-state index contributed by atoms with van der Waals surface area (Å²) in [4.78, 5) is 16.2. The van der Waals surface area contributed by atoms with Crippen LogP contribution in [-0.2, 0) is 6.54 Å². The summed E-state index contributed by atoms with van der Waals surface area (Å²) in [5.74, 6) is 0.803. The van der Waals surface area contributed by atoms with E-state index in [2.05, 4.69) is 35.5 Å². The van der Waals surface area contributed by atoms with Crippen molar-refractivity contribution in [3.8, 4) is 5.95 Å². The van der Waals surface area contributed by atoms with E-state index in [0.717, 1.165) is 5.56 Å². The van der Waals surface area contributed by atoms with Crippen LogP contribution in [0.3, 0.4) is 0 Å². The third kappa shape index (κ3) is 2.68. The van der Waals surface area contributed by atoms with Crippen LogP contribution in [0.15, 0.2) is 31.1 Å². The van der Waals surface area contributed by atoms with Crippen LogP contribution in [0.1, 0.15) is 5.56 Å². The molecule has 2 N–H and O–H groups in total. The van der Waals surface area contributed by atoms with E-state index in [4.69, 9.17) is 11.6 Å². The van der Waals surface area contributed by atoms with Crippen LogP contribution < -0.4 is 5.32 Å². The highest BCUT2D eigenvalue weighted by Crippen LogP contribution is 2.10. The maximum absolute atomic E-state index is 5.87. The number of hydrogen-bond acceptors (Lipinski definition) is 6. The predicted octanol–water partition coefficient (Wildman–Crippen LogP) is 1.05. The molecule has 0 atom stereocenters. The number of nitrogens with zero attached hydrogens (tertiary/aromatic N) is 6. The molecule has 3 aromatic rings. The fourth-order valence-electron chi connectivity index (χ4n) is 1.47. The molecule has 0 aliphatic rings. The lowest BCUT2D eigenvalue weighted by atomic mass is 10.4. The number of rotatable bonds is 4. The zero-order valence-electron chi connectivity index (χ0n) is 9.66. The van der Waals surface area contributed by atoms with Crippen LogP contribution in [0.4, 0.5) is 5.95 Å². The Bertz CT molecular complexity index is 648. The lowest BCUT2D eigenvalue weighted by Crippen LogP contribution is -2.08. The van der Waals surface area contributed by atoms with Crippen LogP contribution in [0.25, 0.3) is 5.95 Å². The highest BCUT2D eigenvalue weighted by molar-refractivity contribution is 6.28. The van der Waals surface area contributed by atoms with E-state index in [1.54, 1.807) is 35.7 Å². The zero-order valence-corrected chi connectivity index (χ0v) is 10.4. The second-order valence-electron chi connectivity index (χ2n) is 3.66. The molecule has 0 aliphatic carbocycles. The number of aromatic amines is 1. The van der Waals surface area contributed by atoms with Crippen molar-refractivity contribution < 1.29 is 0 Å². The molecule has 96 valence electrons. The number of nitrogens with one attached hydrogen (secondary N) is 2. The number of anilines is 1. The fourth-order valence-corrected chi connectivity index (χ4v) is 1.62. The summed E-state index contributed by atoms with van der Waals surface area (Å²) in [7, 11) is 0. The quantitative estimate of drug-likeness (QED) is 0.739. The lowest BCUT2D eigenvalue weighted by Gasteiger charge is -2.05. The lowest BCUT2D eigenvalue weighted by molar-refractivity contribution is 0.888. The van der Waals surface area contributed by atoms with E-state index in [9.17, 15) is 0 Å². The molecule has 0 spiro atoms. The summed E-state index contributed by atoms with van der Waals surface area (Å²) in [5.41, 5.74) is 0.987. The SMILES string of the molecule is Clc1nc(NCc2cn[nH]c2)nc(-n2ccnc2)n1. The van der Waals surface area contributed by atoms with Crippen molar-refractivity contribution in [2.45, 2.75) is 6.54 Å². The Hall–Kier alpha value is -2.48. The van der Waals surface area contributed by atoms with Gasteiger partial charge in [0.1, 0.15) is 6.33 Å². The van der Waals surface area contributed by atoms with Gasteiger partial charge in [0.15, 0.2) is 0 Å². The molecule has 9 heteroatoms. The molecule has 0 aliphatic heterocycles. The van der Waals surface area contributed by atoms with E-state index in [1.807, 2.05) is 0 Å². The van der Waals surface area contributed by atoms with Crippen LogP contribution in [0.2, 0.25) is 5.28 Å².